The summed E-state index contributed by atoms with van der Waals surface area (Å²) in [6.07, 6.45) is 2.03. The minimum absolute atomic E-state index is 0.293. The van der Waals surface area contributed by atoms with Crippen LogP contribution in [0.1, 0.15) is 24.5 Å². The number of carboxylic acid groups (broad SMARTS) is 1. The molecule has 1 aliphatic carbocycles. The van der Waals surface area contributed by atoms with Gasteiger partial charge >= 0.3 is 5.97 Å². The molecule has 1 heterocycles. The highest BCUT2D eigenvalue weighted by molar-refractivity contribution is 6.31. The largest absolute Gasteiger partial charge is 0.481 e. The summed E-state index contributed by atoms with van der Waals surface area (Å²) in [5.41, 5.74) is 1.91. The van der Waals surface area contributed by atoms with E-state index in [1.807, 2.05) is 35.9 Å². The maximum atomic E-state index is 11.4. The number of aromatic nitrogens is 1. The first kappa shape index (κ1) is 11.6. The van der Waals surface area contributed by atoms with Crippen molar-refractivity contribution in [1.29, 1.82) is 0 Å². The van der Waals surface area contributed by atoms with E-state index in [9.17, 15) is 9.90 Å². The number of carbonyl (C=O) groups is 1. The standard InChI is InChI=1S/C14H14ClNO2/c1-16-11-5-4-10(15)6-9(11)7-12(16)13(14(17)18)8-2-3-8/h4-8,13H,2-3H2,1H3,(H,17,18). The van der Waals surface area contributed by atoms with Crippen molar-refractivity contribution in [1.82, 2.24) is 4.57 Å². The third-order valence-corrected chi connectivity index (χ3v) is 3.95. The van der Waals surface area contributed by atoms with Crippen LogP contribution in [-0.4, -0.2) is 15.6 Å². The summed E-state index contributed by atoms with van der Waals surface area (Å²) in [7, 11) is 1.92. The van der Waals surface area contributed by atoms with Gasteiger partial charge in [-0.15, -0.1) is 0 Å². The number of aliphatic carboxylic acids is 1. The zero-order chi connectivity index (χ0) is 12.9. The van der Waals surface area contributed by atoms with Crippen LogP contribution in [0.15, 0.2) is 24.3 Å². The van der Waals surface area contributed by atoms with E-state index in [4.69, 9.17) is 11.6 Å². The average molecular weight is 264 g/mol. The van der Waals surface area contributed by atoms with Gasteiger partial charge in [0.05, 0.1) is 5.92 Å². The number of aryl methyl sites for hydroxylation is 1. The number of halogens is 1. The maximum absolute atomic E-state index is 11.4. The van der Waals surface area contributed by atoms with Crippen molar-refractivity contribution < 1.29 is 9.90 Å². The Morgan fingerprint density at radius 1 is 1.44 bits per heavy atom. The topological polar surface area (TPSA) is 42.2 Å². The van der Waals surface area contributed by atoms with Gasteiger partial charge in [0.15, 0.2) is 0 Å². The van der Waals surface area contributed by atoms with E-state index in [0.717, 1.165) is 29.4 Å². The lowest BCUT2D eigenvalue weighted by molar-refractivity contribution is -0.139. The van der Waals surface area contributed by atoms with Gasteiger partial charge in [0, 0.05) is 28.7 Å². The van der Waals surface area contributed by atoms with Crippen molar-refractivity contribution in [3.8, 4) is 0 Å². The molecule has 3 nitrogen and oxygen atoms in total. The second kappa shape index (κ2) is 4.02. The van der Waals surface area contributed by atoms with Crippen LogP contribution in [0.2, 0.25) is 5.02 Å². The Kier molecular flexibility index (Phi) is 2.59. The molecule has 0 radical (unpaired) electrons. The fourth-order valence-electron chi connectivity index (χ4n) is 2.64. The van der Waals surface area contributed by atoms with Gasteiger partial charge in [-0.1, -0.05) is 11.6 Å². The van der Waals surface area contributed by atoms with Gasteiger partial charge in [0.25, 0.3) is 0 Å². The van der Waals surface area contributed by atoms with E-state index in [-0.39, 0.29) is 5.92 Å². The smallest absolute Gasteiger partial charge is 0.312 e. The third kappa shape index (κ3) is 1.79. The molecule has 0 saturated heterocycles. The monoisotopic (exact) mass is 263 g/mol. The second-order valence-corrected chi connectivity index (χ2v) is 5.42. The van der Waals surface area contributed by atoms with Crippen molar-refractivity contribution in [3.05, 3.63) is 35.0 Å². The van der Waals surface area contributed by atoms with Crippen LogP contribution in [0.4, 0.5) is 0 Å². The van der Waals surface area contributed by atoms with E-state index >= 15 is 0 Å². The number of rotatable bonds is 3. The molecule has 94 valence electrons. The Morgan fingerprint density at radius 2 is 2.17 bits per heavy atom. The summed E-state index contributed by atoms with van der Waals surface area (Å²) in [6.45, 7) is 0. The number of fused-ring (bicyclic) bond motifs is 1. The minimum Gasteiger partial charge on any atom is -0.481 e. The molecule has 1 N–H and O–H groups in total. The Balaban J connectivity index is 2.16. The van der Waals surface area contributed by atoms with Gasteiger partial charge in [-0.2, -0.15) is 0 Å². The lowest BCUT2D eigenvalue weighted by atomic mass is 10.00. The highest BCUT2D eigenvalue weighted by atomic mass is 35.5. The Labute approximate surface area is 110 Å². The van der Waals surface area contributed by atoms with Crippen LogP contribution in [0.25, 0.3) is 10.9 Å². The van der Waals surface area contributed by atoms with E-state index in [2.05, 4.69) is 0 Å². The molecule has 0 bridgehead atoms. The first-order valence-corrected chi connectivity index (χ1v) is 6.43. The van der Waals surface area contributed by atoms with E-state index in [1.165, 1.54) is 0 Å². The number of nitrogens with zero attached hydrogens (tertiary/aromatic N) is 1. The van der Waals surface area contributed by atoms with Crippen LogP contribution in [0.3, 0.4) is 0 Å². The van der Waals surface area contributed by atoms with Crippen molar-refractivity contribution in [3.63, 3.8) is 0 Å². The first-order chi connectivity index (χ1) is 8.58. The molecule has 1 fully saturated rings. The summed E-state index contributed by atoms with van der Waals surface area (Å²) >= 11 is 5.97. The van der Waals surface area contributed by atoms with Crippen LogP contribution in [0.5, 0.6) is 0 Å². The Bertz CT molecular complexity index is 628. The quantitative estimate of drug-likeness (QED) is 0.922. The molecule has 4 heteroatoms. The number of benzene rings is 1. The van der Waals surface area contributed by atoms with Gasteiger partial charge in [0.2, 0.25) is 0 Å². The predicted molar refractivity (Wildman–Crippen MR) is 71.0 cm³/mol. The van der Waals surface area contributed by atoms with Crippen LogP contribution < -0.4 is 0 Å². The molecule has 0 amide bonds. The van der Waals surface area contributed by atoms with Crippen molar-refractivity contribution in [2.45, 2.75) is 18.8 Å². The highest BCUT2D eigenvalue weighted by Gasteiger charge is 2.39. The average Bonchev–Trinajstić information content (AvgIpc) is 3.06. The van der Waals surface area contributed by atoms with Gasteiger partial charge in [-0.3, -0.25) is 4.79 Å². The molecule has 1 aromatic carbocycles. The fraction of sp³-hybridized carbons (Fsp3) is 0.357. The van der Waals surface area contributed by atoms with E-state index in [0.29, 0.717) is 10.9 Å². The minimum atomic E-state index is -0.727. The molecule has 1 aliphatic rings. The summed E-state index contributed by atoms with van der Waals surface area (Å²) in [5.74, 6) is -0.823. The second-order valence-electron chi connectivity index (χ2n) is 4.98. The number of hydrogen-bond donors (Lipinski definition) is 1. The summed E-state index contributed by atoms with van der Waals surface area (Å²) in [6, 6.07) is 7.61. The first-order valence-electron chi connectivity index (χ1n) is 6.05. The lowest BCUT2D eigenvalue weighted by Gasteiger charge is -2.12. The summed E-state index contributed by atoms with van der Waals surface area (Å²) < 4.78 is 1.97. The molecule has 2 aromatic rings. The van der Waals surface area contributed by atoms with Gasteiger partial charge in [-0.05, 0) is 43.0 Å². The molecule has 0 spiro atoms. The normalized spacial score (nSPS) is 17.0. The summed E-state index contributed by atoms with van der Waals surface area (Å²) in [5, 5.41) is 11.1. The van der Waals surface area contributed by atoms with Crippen molar-refractivity contribution in [2.24, 2.45) is 13.0 Å². The van der Waals surface area contributed by atoms with Crippen LogP contribution in [-0.2, 0) is 11.8 Å². The molecule has 1 atom stereocenters. The van der Waals surface area contributed by atoms with Crippen molar-refractivity contribution in [2.75, 3.05) is 0 Å². The third-order valence-electron chi connectivity index (χ3n) is 3.72. The van der Waals surface area contributed by atoms with E-state index in [1.54, 1.807) is 0 Å². The molecule has 0 aliphatic heterocycles. The SMILES string of the molecule is Cn1c(C(C(=O)O)C2CC2)cc2cc(Cl)ccc21. The van der Waals surface area contributed by atoms with Gasteiger partial charge in [0.1, 0.15) is 0 Å². The fourth-order valence-corrected chi connectivity index (χ4v) is 2.82. The molecule has 1 aromatic heterocycles. The van der Waals surface area contributed by atoms with Crippen LogP contribution >= 0.6 is 11.6 Å². The molecular weight excluding hydrogens is 250 g/mol. The number of hydrogen-bond acceptors (Lipinski definition) is 1. The lowest BCUT2D eigenvalue weighted by Crippen LogP contribution is -2.16. The predicted octanol–water partition coefficient (Wildman–Crippen LogP) is 3.41. The van der Waals surface area contributed by atoms with E-state index < -0.39 is 5.97 Å². The molecular formula is C14H14ClNO2. The highest BCUT2D eigenvalue weighted by Crippen LogP contribution is 2.43. The molecule has 3 rings (SSSR count). The van der Waals surface area contributed by atoms with Gasteiger partial charge in [-0.25, -0.2) is 0 Å². The Morgan fingerprint density at radius 3 is 2.78 bits per heavy atom. The Hall–Kier alpha value is -1.48. The number of carboxylic acids is 1. The molecule has 1 saturated carbocycles. The van der Waals surface area contributed by atoms with Gasteiger partial charge < -0.3 is 9.67 Å². The molecule has 18 heavy (non-hydrogen) atoms. The maximum Gasteiger partial charge on any atom is 0.312 e. The molecule has 1 unspecified atom stereocenters. The zero-order valence-electron chi connectivity index (χ0n) is 10.1. The van der Waals surface area contributed by atoms with Crippen LogP contribution in [0, 0.1) is 5.92 Å². The van der Waals surface area contributed by atoms with Crippen molar-refractivity contribution >= 4 is 28.5 Å². The summed E-state index contributed by atoms with van der Waals surface area (Å²) in [4.78, 5) is 11.4. The zero-order valence-corrected chi connectivity index (χ0v) is 10.8.